The molecular weight excluding hydrogens is 251 g/mol. The summed E-state index contributed by atoms with van der Waals surface area (Å²) in [7, 11) is 0. The summed E-state index contributed by atoms with van der Waals surface area (Å²) < 4.78 is 0. The van der Waals surface area contributed by atoms with Gasteiger partial charge in [0.15, 0.2) is 0 Å². The van der Waals surface area contributed by atoms with Crippen LogP contribution in [0.25, 0.3) is 0 Å². The van der Waals surface area contributed by atoms with Gasteiger partial charge in [-0.05, 0) is 13.0 Å². The second-order valence-corrected chi connectivity index (χ2v) is 5.25. The molecule has 1 atom stereocenters. The molecule has 1 aromatic heterocycles. The summed E-state index contributed by atoms with van der Waals surface area (Å²) >= 11 is 7.64. The molecule has 1 saturated heterocycles. The first-order valence-corrected chi connectivity index (χ1v) is 6.18. The Labute approximate surface area is 106 Å². The van der Waals surface area contributed by atoms with E-state index in [-0.39, 0.29) is 12.4 Å². The Morgan fingerprint density at radius 2 is 2.47 bits per heavy atom. The van der Waals surface area contributed by atoms with E-state index < -0.39 is 0 Å². The highest BCUT2D eigenvalue weighted by molar-refractivity contribution is 7.10. The second-order valence-electron chi connectivity index (χ2n) is 3.82. The Balaban J connectivity index is 0.00000112. The zero-order chi connectivity index (χ0) is 9.97. The largest absolute Gasteiger partial charge is 0.312 e. The van der Waals surface area contributed by atoms with E-state index in [1.54, 1.807) is 11.3 Å². The molecule has 0 bridgehead atoms. The average molecular weight is 267 g/mol. The lowest BCUT2D eigenvalue weighted by Crippen LogP contribution is -2.48. The molecule has 1 N–H and O–H groups in total. The summed E-state index contributed by atoms with van der Waals surface area (Å²) in [6.45, 7) is 6.65. The molecule has 1 fully saturated rings. The van der Waals surface area contributed by atoms with Gasteiger partial charge in [-0.3, -0.25) is 4.90 Å². The molecule has 2 rings (SSSR count). The molecule has 1 aromatic rings. The van der Waals surface area contributed by atoms with E-state index in [1.807, 2.05) is 5.38 Å². The van der Waals surface area contributed by atoms with Gasteiger partial charge < -0.3 is 5.32 Å². The van der Waals surface area contributed by atoms with Crippen LogP contribution in [0.2, 0.25) is 5.02 Å². The van der Waals surface area contributed by atoms with Crippen LogP contribution in [-0.4, -0.2) is 30.6 Å². The first kappa shape index (κ1) is 13.3. The van der Waals surface area contributed by atoms with Crippen molar-refractivity contribution in [1.29, 1.82) is 0 Å². The van der Waals surface area contributed by atoms with E-state index in [2.05, 4.69) is 23.2 Å². The molecule has 2 nitrogen and oxygen atoms in total. The third kappa shape index (κ3) is 3.93. The Morgan fingerprint density at radius 3 is 3.07 bits per heavy atom. The van der Waals surface area contributed by atoms with Crippen molar-refractivity contribution in [3.05, 3.63) is 21.3 Å². The minimum atomic E-state index is 0. The van der Waals surface area contributed by atoms with Crippen LogP contribution in [0, 0.1) is 0 Å². The van der Waals surface area contributed by atoms with Gasteiger partial charge in [-0.1, -0.05) is 11.6 Å². The maximum absolute atomic E-state index is 5.89. The quantitative estimate of drug-likeness (QED) is 0.886. The van der Waals surface area contributed by atoms with Crippen LogP contribution in [0.4, 0.5) is 0 Å². The molecule has 15 heavy (non-hydrogen) atoms. The number of nitrogens with zero attached hydrogens (tertiary/aromatic N) is 1. The molecule has 86 valence electrons. The molecule has 2 heterocycles. The van der Waals surface area contributed by atoms with Crippen LogP contribution in [0.3, 0.4) is 0 Å². The average Bonchev–Trinajstić information content (AvgIpc) is 2.51. The molecule has 0 amide bonds. The monoisotopic (exact) mass is 266 g/mol. The van der Waals surface area contributed by atoms with Crippen molar-refractivity contribution in [3.8, 4) is 0 Å². The Hall–Kier alpha value is 0.200. The highest BCUT2D eigenvalue weighted by atomic mass is 35.5. The van der Waals surface area contributed by atoms with Crippen LogP contribution in [-0.2, 0) is 6.54 Å². The van der Waals surface area contributed by atoms with Gasteiger partial charge in [0.25, 0.3) is 0 Å². The zero-order valence-electron chi connectivity index (χ0n) is 8.70. The van der Waals surface area contributed by atoms with Crippen LogP contribution >= 0.6 is 35.3 Å². The number of hydrogen-bond donors (Lipinski definition) is 1. The molecule has 0 radical (unpaired) electrons. The van der Waals surface area contributed by atoms with Gasteiger partial charge in [-0.2, -0.15) is 0 Å². The van der Waals surface area contributed by atoms with Crippen molar-refractivity contribution in [2.45, 2.75) is 19.5 Å². The first-order valence-electron chi connectivity index (χ1n) is 4.92. The van der Waals surface area contributed by atoms with Gasteiger partial charge in [0.1, 0.15) is 0 Å². The molecule has 1 aliphatic rings. The van der Waals surface area contributed by atoms with E-state index in [9.17, 15) is 0 Å². The van der Waals surface area contributed by atoms with Crippen LogP contribution < -0.4 is 5.32 Å². The lowest BCUT2D eigenvalue weighted by molar-refractivity contribution is 0.201. The van der Waals surface area contributed by atoms with Gasteiger partial charge >= 0.3 is 0 Å². The van der Waals surface area contributed by atoms with Gasteiger partial charge in [0.05, 0.1) is 5.02 Å². The van der Waals surface area contributed by atoms with E-state index >= 15 is 0 Å². The summed E-state index contributed by atoms with van der Waals surface area (Å²) in [6.07, 6.45) is 0. The third-order valence-electron chi connectivity index (χ3n) is 2.45. The van der Waals surface area contributed by atoms with Crippen molar-refractivity contribution in [3.63, 3.8) is 0 Å². The van der Waals surface area contributed by atoms with Crippen LogP contribution in [0.5, 0.6) is 0 Å². The number of nitrogens with one attached hydrogen (secondary N) is 1. The molecule has 1 aliphatic heterocycles. The predicted octanol–water partition coefficient (Wildman–Crippen LogP) is 2.62. The number of thiophene rings is 1. The lowest BCUT2D eigenvalue weighted by Gasteiger charge is -2.31. The molecular formula is C10H16Cl2N2S. The summed E-state index contributed by atoms with van der Waals surface area (Å²) in [5.74, 6) is 0. The topological polar surface area (TPSA) is 15.3 Å². The van der Waals surface area contributed by atoms with Crippen molar-refractivity contribution in [2.75, 3.05) is 19.6 Å². The van der Waals surface area contributed by atoms with Crippen LogP contribution in [0.1, 0.15) is 11.8 Å². The van der Waals surface area contributed by atoms with E-state index in [0.29, 0.717) is 6.04 Å². The van der Waals surface area contributed by atoms with Gasteiger partial charge in [-0.15, -0.1) is 23.7 Å². The van der Waals surface area contributed by atoms with Gasteiger partial charge in [0, 0.05) is 42.5 Å². The first-order chi connectivity index (χ1) is 6.74. The number of hydrogen-bond acceptors (Lipinski definition) is 3. The highest BCUT2D eigenvalue weighted by Crippen LogP contribution is 2.20. The zero-order valence-corrected chi connectivity index (χ0v) is 11.1. The van der Waals surface area contributed by atoms with Crippen molar-refractivity contribution in [1.82, 2.24) is 10.2 Å². The summed E-state index contributed by atoms with van der Waals surface area (Å²) in [5.41, 5.74) is 0. The fourth-order valence-corrected chi connectivity index (χ4v) is 2.93. The molecule has 0 unspecified atom stereocenters. The minimum absolute atomic E-state index is 0. The van der Waals surface area contributed by atoms with Crippen molar-refractivity contribution >= 4 is 35.3 Å². The second kappa shape index (κ2) is 6.06. The number of rotatable bonds is 2. The molecule has 5 heteroatoms. The lowest BCUT2D eigenvalue weighted by atomic mass is 10.2. The Morgan fingerprint density at radius 1 is 1.67 bits per heavy atom. The van der Waals surface area contributed by atoms with E-state index in [4.69, 9.17) is 11.6 Å². The molecule has 0 aliphatic carbocycles. The SMILES string of the molecule is C[C@H]1CN(Cc2cc(Cl)cs2)CCN1.Cl. The highest BCUT2D eigenvalue weighted by Gasteiger charge is 2.15. The Bertz CT molecular complexity index is 303. The normalized spacial score (nSPS) is 22.4. The molecule has 0 spiro atoms. The standard InChI is InChI=1S/C10H15ClN2S.ClH/c1-8-5-13(3-2-12-8)6-10-4-9(11)7-14-10;/h4,7-8,12H,2-3,5-6H2,1H3;1H/t8-;/m0./s1. The fraction of sp³-hybridized carbons (Fsp3) is 0.600. The third-order valence-corrected chi connectivity index (χ3v) is 3.72. The van der Waals surface area contributed by atoms with Gasteiger partial charge in [-0.25, -0.2) is 0 Å². The maximum atomic E-state index is 5.89. The fourth-order valence-electron chi connectivity index (χ4n) is 1.81. The van der Waals surface area contributed by atoms with E-state index in [0.717, 1.165) is 31.2 Å². The number of piperazine rings is 1. The maximum Gasteiger partial charge on any atom is 0.0516 e. The predicted molar refractivity (Wildman–Crippen MR) is 69.3 cm³/mol. The van der Waals surface area contributed by atoms with E-state index in [1.165, 1.54) is 4.88 Å². The number of halogens is 2. The Kier molecular flexibility index (Phi) is 5.36. The minimum Gasteiger partial charge on any atom is -0.312 e. The van der Waals surface area contributed by atoms with Crippen molar-refractivity contribution < 1.29 is 0 Å². The van der Waals surface area contributed by atoms with Crippen LogP contribution in [0.15, 0.2) is 11.4 Å². The van der Waals surface area contributed by atoms with Gasteiger partial charge in [0.2, 0.25) is 0 Å². The van der Waals surface area contributed by atoms with Crippen molar-refractivity contribution in [2.24, 2.45) is 0 Å². The summed E-state index contributed by atoms with van der Waals surface area (Å²) in [4.78, 5) is 3.84. The summed E-state index contributed by atoms with van der Waals surface area (Å²) in [5, 5.41) is 6.31. The smallest absolute Gasteiger partial charge is 0.0516 e. The molecule has 0 saturated carbocycles. The molecule has 0 aromatic carbocycles. The summed E-state index contributed by atoms with van der Waals surface area (Å²) in [6, 6.07) is 2.68.